The van der Waals surface area contributed by atoms with E-state index >= 15 is 0 Å². The minimum absolute atomic E-state index is 0.0590. The van der Waals surface area contributed by atoms with Crippen LogP contribution in [0.2, 0.25) is 0 Å². The highest BCUT2D eigenvalue weighted by Gasteiger charge is 2.25. The van der Waals surface area contributed by atoms with E-state index in [1.165, 1.54) is 5.56 Å². The predicted molar refractivity (Wildman–Crippen MR) is 142 cm³/mol. The summed E-state index contributed by atoms with van der Waals surface area (Å²) in [5.41, 5.74) is 7.81. The van der Waals surface area contributed by atoms with E-state index in [-0.39, 0.29) is 10.8 Å². The number of aryl methyl sites for hydroxylation is 3. The van der Waals surface area contributed by atoms with Crippen LogP contribution in [0.1, 0.15) is 58.5 Å². The number of benzene rings is 1. The van der Waals surface area contributed by atoms with Crippen LogP contribution in [-0.4, -0.2) is 14.5 Å². The molecule has 0 radical (unpaired) electrons. The Labute approximate surface area is 207 Å². The summed E-state index contributed by atoms with van der Waals surface area (Å²) in [6.45, 7) is 15.4. The van der Waals surface area contributed by atoms with Crippen LogP contribution in [0.5, 0.6) is 0 Å². The maximum absolute atomic E-state index is 6.50. The van der Waals surface area contributed by atoms with Gasteiger partial charge >= 0.3 is 0 Å². The standard InChI is InChI=1S/C30H35N4O/c1-18-10-11-20-21-12-13-22(19-16-23(29(2,3)4)32-24(17-19)30(5,6)7)31-27(21)35-26(20)25(18)28-33(8)14-15-34(28)9/h10-17H,1-9H3/q+1. The van der Waals surface area contributed by atoms with Crippen LogP contribution < -0.4 is 4.57 Å². The van der Waals surface area contributed by atoms with Gasteiger partial charge in [0.2, 0.25) is 5.71 Å². The van der Waals surface area contributed by atoms with E-state index in [0.29, 0.717) is 5.71 Å². The number of fused-ring (bicyclic) bond motifs is 3. The van der Waals surface area contributed by atoms with E-state index in [2.05, 4.69) is 120 Å². The molecule has 5 nitrogen and oxygen atoms in total. The van der Waals surface area contributed by atoms with Crippen LogP contribution in [-0.2, 0) is 24.9 Å². The molecule has 0 atom stereocenters. The van der Waals surface area contributed by atoms with Crippen molar-refractivity contribution in [1.29, 1.82) is 0 Å². The first-order valence-corrected chi connectivity index (χ1v) is 12.2. The Hall–Kier alpha value is -3.47. The third kappa shape index (κ3) is 3.93. The number of imidazole rings is 1. The maximum Gasteiger partial charge on any atom is 0.292 e. The molecule has 0 saturated heterocycles. The molecule has 0 spiro atoms. The summed E-state index contributed by atoms with van der Waals surface area (Å²) >= 11 is 0. The van der Waals surface area contributed by atoms with Crippen molar-refractivity contribution >= 4 is 22.1 Å². The van der Waals surface area contributed by atoms with Crippen molar-refractivity contribution in [3.63, 3.8) is 0 Å². The molecular weight excluding hydrogens is 432 g/mol. The molecule has 0 N–H and O–H groups in total. The SMILES string of the molecule is Cc1ccc2c(oc3nc(-c4cc(C(C)(C)C)nc(C(C)(C)C)c4)ccc32)c1-c1n(C)cc[n+]1C. The summed E-state index contributed by atoms with van der Waals surface area (Å²) < 4.78 is 10.8. The molecular formula is C30H35N4O+. The number of pyridine rings is 2. The van der Waals surface area contributed by atoms with Gasteiger partial charge in [0.1, 0.15) is 18.0 Å². The van der Waals surface area contributed by atoms with Crippen molar-refractivity contribution in [2.45, 2.75) is 59.3 Å². The van der Waals surface area contributed by atoms with Gasteiger partial charge in [-0.3, -0.25) is 4.98 Å². The summed E-state index contributed by atoms with van der Waals surface area (Å²) in [5, 5.41) is 2.12. The van der Waals surface area contributed by atoms with Gasteiger partial charge in [-0.05, 0) is 36.8 Å². The Bertz CT molecular complexity index is 1540. The second-order valence-electron chi connectivity index (χ2n) is 11.8. The van der Waals surface area contributed by atoms with Gasteiger partial charge in [0, 0.05) is 38.6 Å². The first-order valence-electron chi connectivity index (χ1n) is 12.2. The number of aromatic nitrogens is 4. The lowest BCUT2D eigenvalue weighted by Gasteiger charge is -2.24. The molecule has 0 saturated carbocycles. The highest BCUT2D eigenvalue weighted by Crippen LogP contribution is 2.38. The Morgan fingerprint density at radius 1 is 0.857 bits per heavy atom. The lowest BCUT2D eigenvalue weighted by Crippen LogP contribution is -2.29. The second-order valence-corrected chi connectivity index (χ2v) is 11.8. The van der Waals surface area contributed by atoms with Gasteiger partial charge in [-0.15, -0.1) is 0 Å². The van der Waals surface area contributed by atoms with Crippen LogP contribution in [0.3, 0.4) is 0 Å². The lowest BCUT2D eigenvalue weighted by atomic mass is 9.86. The summed E-state index contributed by atoms with van der Waals surface area (Å²) in [5.74, 6) is 1.10. The fourth-order valence-corrected chi connectivity index (χ4v) is 4.65. The van der Waals surface area contributed by atoms with Gasteiger partial charge in [-0.2, -0.15) is 0 Å². The second kappa shape index (κ2) is 7.77. The summed E-state index contributed by atoms with van der Waals surface area (Å²) in [7, 11) is 4.13. The zero-order chi connectivity index (χ0) is 25.3. The molecule has 35 heavy (non-hydrogen) atoms. The molecule has 1 aromatic carbocycles. The van der Waals surface area contributed by atoms with E-state index in [4.69, 9.17) is 14.4 Å². The number of nitrogens with zero attached hydrogens (tertiary/aromatic N) is 4. The number of hydrogen-bond acceptors (Lipinski definition) is 3. The minimum atomic E-state index is -0.0590. The van der Waals surface area contributed by atoms with Crippen molar-refractivity contribution in [2.24, 2.45) is 14.1 Å². The topological polar surface area (TPSA) is 47.7 Å². The van der Waals surface area contributed by atoms with Crippen molar-refractivity contribution in [2.75, 3.05) is 0 Å². The first-order chi connectivity index (χ1) is 16.3. The highest BCUT2D eigenvalue weighted by molar-refractivity contribution is 6.08. The summed E-state index contributed by atoms with van der Waals surface area (Å²) in [4.78, 5) is 10.0. The molecule has 5 aromatic rings. The summed E-state index contributed by atoms with van der Waals surface area (Å²) in [6, 6.07) is 12.9. The largest absolute Gasteiger partial charge is 0.437 e. The fourth-order valence-electron chi connectivity index (χ4n) is 4.65. The number of hydrogen-bond donors (Lipinski definition) is 0. The third-order valence-electron chi connectivity index (χ3n) is 6.78. The average Bonchev–Trinajstić information content (AvgIpc) is 3.31. The third-order valence-corrected chi connectivity index (χ3v) is 6.78. The van der Waals surface area contributed by atoms with Crippen LogP contribution >= 0.6 is 0 Å². The predicted octanol–water partition coefficient (Wildman–Crippen LogP) is 6.78. The molecule has 0 aliphatic rings. The molecule has 0 bridgehead atoms. The van der Waals surface area contributed by atoms with Crippen LogP contribution in [0.4, 0.5) is 0 Å². The van der Waals surface area contributed by atoms with E-state index in [1.54, 1.807) is 0 Å². The molecule has 0 unspecified atom stereocenters. The quantitative estimate of drug-likeness (QED) is 0.269. The summed E-state index contributed by atoms with van der Waals surface area (Å²) in [6.07, 6.45) is 4.13. The van der Waals surface area contributed by atoms with Crippen molar-refractivity contribution in [1.82, 2.24) is 14.5 Å². The van der Waals surface area contributed by atoms with Gasteiger partial charge in [0.25, 0.3) is 5.82 Å². The van der Waals surface area contributed by atoms with Crippen LogP contribution in [0.25, 0.3) is 44.7 Å². The fraction of sp³-hybridized carbons (Fsp3) is 0.367. The highest BCUT2D eigenvalue weighted by atomic mass is 16.3. The number of furan rings is 1. The zero-order valence-corrected chi connectivity index (χ0v) is 22.3. The Morgan fingerprint density at radius 2 is 1.49 bits per heavy atom. The molecule has 0 amide bonds. The normalized spacial score (nSPS) is 12.7. The molecule has 0 fully saturated rings. The smallest absolute Gasteiger partial charge is 0.292 e. The van der Waals surface area contributed by atoms with Gasteiger partial charge in [0.15, 0.2) is 5.58 Å². The molecule has 5 rings (SSSR count). The van der Waals surface area contributed by atoms with Crippen molar-refractivity contribution in [3.8, 4) is 22.6 Å². The van der Waals surface area contributed by atoms with E-state index in [0.717, 1.165) is 50.4 Å². The molecule has 0 aliphatic heterocycles. The molecule has 5 heteroatoms. The Kier molecular flexibility index (Phi) is 5.17. The Morgan fingerprint density at radius 3 is 2.06 bits per heavy atom. The van der Waals surface area contributed by atoms with E-state index in [9.17, 15) is 0 Å². The van der Waals surface area contributed by atoms with Gasteiger partial charge in [-0.1, -0.05) is 53.7 Å². The van der Waals surface area contributed by atoms with Crippen molar-refractivity contribution < 1.29 is 8.98 Å². The first kappa shape index (κ1) is 23.3. The Balaban J connectivity index is 1.74. The molecule has 0 aliphatic carbocycles. The minimum Gasteiger partial charge on any atom is -0.437 e. The van der Waals surface area contributed by atoms with Gasteiger partial charge < -0.3 is 4.42 Å². The van der Waals surface area contributed by atoms with E-state index < -0.39 is 0 Å². The zero-order valence-electron chi connectivity index (χ0n) is 22.3. The monoisotopic (exact) mass is 467 g/mol. The molecule has 4 aromatic heterocycles. The van der Waals surface area contributed by atoms with Crippen LogP contribution in [0, 0.1) is 6.92 Å². The molecule has 4 heterocycles. The maximum atomic E-state index is 6.50. The average molecular weight is 468 g/mol. The number of rotatable bonds is 2. The van der Waals surface area contributed by atoms with Crippen molar-refractivity contribution in [3.05, 3.63) is 65.7 Å². The molecule has 180 valence electrons. The van der Waals surface area contributed by atoms with Gasteiger partial charge in [-0.25, -0.2) is 14.1 Å². The van der Waals surface area contributed by atoms with Crippen LogP contribution in [0.15, 0.2) is 53.2 Å². The van der Waals surface area contributed by atoms with Gasteiger partial charge in [0.05, 0.1) is 19.8 Å². The van der Waals surface area contributed by atoms with E-state index in [1.807, 2.05) is 0 Å². The lowest BCUT2D eigenvalue weighted by molar-refractivity contribution is -0.659.